The molecule has 0 spiro atoms. The molecular weight excluding hydrogens is 302 g/mol. The normalized spacial score (nSPS) is 10.7. The summed E-state index contributed by atoms with van der Waals surface area (Å²) < 4.78 is 5.66. The molecule has 5 heteroatoms. The number of ether oxygens (including phenoxy) is 1. The molecule has 0 bridgehead atoms. The monoisotopic (exact) mass is 321 g/mol. The summed E-state index contributed by atoms with van der Waals surface area (Å²) in [7, 11) is 0. The van der Waals surface area contributed by atoms with Crippen LogP contribution in [0.15, 0.2) is 54.6 Å². The lowest BCUT2D eigenvalue weighted by Crippen LogP contribution is -2.44. The fourth-order valence-electron chi connectivity index (χ4n) is 1.86. The molecule has 22 heavy (non-hydrogen) atoms. The van der Waals surface area contributed by atoms with Gasteiger partial charge in [-0.05, 0) is 43.7 Å². The Morgan fingerprint density at radius 2 is 1.68 bits per heavy atom. The van der Waals surface area contributed by atoms with Crippen molar-refractivity contribution in [3.05, 3.63) is 65.7 Å². The van der Waals surface area contributed by atoms with E-state index in [1.165, 1.54) is 0 Å². The highest BCUT2D eigenvalue weighted by atomic mass is 35.5. The van der Waals surface area contributed by atoms with Crippen LogP contribution in [-0.4, -0.2) is 16.5 Å². The molecule has 0 unspecified atom stereocenters. The first-order chi connectivity index (χ1) is 10.0. The van der Waals surface area contributed by atoms with Gasteiger partial charge >= 0.3 is 0 Å². The minimum Gasteiger partial charge on any atom is -0.489 e. The van der Waals surface area contributed by atoms with E-state index in [9.17, 15) is 4.79 Å². The third-order valence-corrected chi connectivity index (χ3v) is 3.21. The van der Waals surface area contributed by atoms with E-state index in [0.29, 0.717) is 17.9 Å². The average Bonchev–Trinajstić information content (AvgIpc) is 2.53. The molecule has 0 fully saturated rings. The smallest absolute Gasteiger partial charge is 0.184 e. The number of halogens is 1. The standard InChI is InChI=1S/C17H19NO3.ClH/c1-17(2,18-20)16(19)14-8-10-15(11-9-14)21-12-13-6-4-3-5-7-13;/h3-11,18,20H,12H2,1-2H3;1H. The average molecular weight is 322 g/mol. The Balaban J connectivity index is 0.00000242. The summed E-state index contributed by atoms with van der Waals surface area (Å²) in [5.74, 6) is 0.518. The molecule has 2 aromatic rings. The Morgan fingerprint density at radius 3 is 2.23 bits per heavy atom. The van der Waals surface area contributed by atoms with Crippen molar-refractivity contribution in [2.75, 3.05) is 0 Å². The topological polar surface area (TPSA) is 58.6 Å². The van der Waals surface area contributed by atoms with E-state index in [0.717, 1.165) is 5.56 Å². The summed E-state index contributed by atoms with van der Waals surface area (Å²) in [6.07, 6.45) is 0. The van der Waals surface area contributed by atoms with Crippen LogP contribution in [0.5, 0.6) is 5.75 Å². The van der Waals surface area contributed by atoms with Gasteiger partial charge in [0.1, 0.15) is 17.9 Å². The molecule has 118 valence electrons. The van der Waals surface area contributed by atoms with Crippen molar-refractivity contribution in [2.24, 2.45) is 0 Å². The third kappa shape index (κ3) is 4.56. The number of carbonyl (C=O) groups excluding carboxylic acids is 1. The fraction of sp³-hybridized carbons (Fsp3) is 0.235. The Labute approximate surface area is 136 Å². The van der Waals surface area contributed by atoms with Gasteiger partial charge < -0.3 is 9.94 Å². The molecule has 0 aliphatic carbocycles. The first-order valence-electron chi connectivity index (χ1n) is 6.76. The van der Waals surface area contributed by atoms with E-state index in [4.69, 9.17) is 9.94 Å². The molecule has 0 aliphatic heterocycles. The zero-order chi connectivity index (χ0) is 15.3. The molecular formula is C17H20ClNO3. The van der Waals surface area contributed by atoms with Gasteiger partial charge in [0, 0.05) is 5.56 Å². The van der Waals surface area contributed by atoms with Crippen LogP contribution in [-0.2, 0) is 6.61 Å². The van der Waals surface area contributed by atoms with Gasteiger partial charge in [-0.15, -0.1) is 12.4 Å². The van der Waals surface area contributed by atoms with Gasteiger partial charge in [-0.1, -0.05) is 30.3 Å². The summed E-state index contributed by atoms with van der Waals surface area (Å²) in [6.45, 7) is 3.72. The fourth-order valence-corrected chi connectivity index (χ4v) is 1.86. The lowest BCUT2D eigenvalue weighted by Gasteiger charge is -2.20. The summed E-state index contributed by atoms with van der Waals surface area (Å²) in [5, 5.41) is 9.00. The number of benzene rings is 2. The molecule has 4 nitrogen and oxygen atoms in total. The van der Waals surface area contributed by atoms with Crippen molar-refractivity contribution in [2.45, 2.75) is 26.0 Å². The van der Waals surface area contributed by atoms with Crippen LogP contribution >= 0.6 is 12.4 Å². The van der Waals surface area contributed by atoms with E-state index in [1.54, 1.807) is 38.1 Å². The predicted molar refractivity (Wildman–Crippen MR) is 87.8 cm³/mol. The lowest BCUT2D eigenvalue weighted by molar-refractivity contribution is 0.0569. The molecule has 0 heterocycles. The molecule has 0 saturated heterocycles. The first-order valence-corrected chi connectivity index (χ1v) is 6.76. The van der Waals surface area contributed by atoms with E-state index in [2.05, 4.69) is 0 Å². The zero-order valence-electron chi connectivity index (χ0n) is 12.6. The van der Waals surface area contributed by atoms with E-state index < -0.39 is 5.54 Å². The van der Waals surface area contributed by atoms with Crippen molar-refractivity contribution in [1.82, 2.24) is 5.48 Å². The molecule has 0 radical (unpaired) electrons. The summed E-state index contributed by atoms with van der Waals surface area (Å²) in [5.41, 5.74) is 2.62. The van der Waals surface area contributed by atoms with Gasteiger partial charge in [0.15, 0.2) is 5.78 Å². The molecule has 0 saturated carbocycles. The second kappa shape index (κ2) is 7.94. The number of carbonyl (C=O) groups is 1. The molecule has 0 amide bonds. The highest BCUT2D eigenvalue weighted by Gasteiger charge is 2.27. The quantitative estimate of drug-likeness (QED) is 0.630. The second-order valence-corrected chi connectivity index (χ2v) is 5.36. The lowest BCUT2D eigenvalue weighted by atomic mass is 9.94. The number of nitrogens with one attached hydrogen (secondary N) is 1. The van der Waals surface area contributed by atoms with Gasteiger partial charge in [-0.25, -0.2) is 0 Å². The van der Waals surface area contributed by atoms with Crippen molar-refractivity contribution < 1.29 is 14.7 Å². The minimum atomic E-state index is -1.01. The largest absolute Gasteiger partial charge is 0.489 e. The maximum absolute atomic E-state index is 12.1. The van der Waals surface area contributed by atoms with Gasteiger partial charge in [0.2, 0.25) is 0 Å². The van der Waals surface area contributed by atoms with Crippen LogP contribution in [0.25, 0.3) is 0 Å². The molecule has 2 rings (SSSR count). The van der Waals surface area contributed by atoms with E-state index in [-0.39, 0.29) is 18.2 Å². The zero-order valence-corrected chi connectivity index (χ0v) is 13.4. The molecule has 2 N–H and O–H groups in total. The molecule has 0 atom stereocenters. The Kier molecular flexibility index (Phi) is 6.56. The van der Waals surface area contributed by atoms with Gasteiger partial charge in [-0.3, -0.25) is 4.79 Å². The second-order valence-electron chi connectivity index (χ2n) is 5.36. The summed E-state index contributed by atoms with van der Waals surface area (Å²) in [6, 6.07) is 16.8. The number of hydroxylamine groups is 1. The van der Waals surface area contributed by atoms with E-state index in [1.807, 2.05) is 35.8 Å². The van der Waals surface area contributed by atoms with Crippen LogP contribution in [0.4, 0.5) is 0 Å². The van der Waals surface area contributed by atoms with Crippen LogP contribution in [0.2, 0.25) is 0 Å². The highest BCUT2D eigenvalue weighted by Crippen LogP contribution is 2.18. The van der Waals surface area contributed by atoms with E-state index >= 15 is 0 Å². The number of hydrogen-bond donors (Lipinski definition) is 2. The Bertz CT molecular complexity index is 597. The van der Waals surface area contributed by atoms with Crippen molar-refractivity contribution in [3.63, 3.8) is 0 Å². The molecule has 0 aliphatic rings. The Morgan fingerprint density at radius 1 is 1.09 bits per heavy atom. The first kappa shape index (κ1) is 18.2. The van der Waals surface area contributed by atoms with Gasteiger partial charge in [0.05, 0.1) is 0 Å². The van der Waals surface area contributed by atoms with Crippen LogP contribution < -0.4 is 10.2 Å². The Hall–Kier alpha value is -1.88. The van der Waals surface area contributed by atoms with Crippen molar-refractivity contribution >= 4 is 18.2 Å². The maximum atomic E-state index is 12.1. The summed E-state index contributed by atoms with van der Waals surface area (Å²) in [4.78, 5) is 12.1. The maximum Gasteiger partial charge on any atom is 0.184 e. The SMILES string of the molecule is CC(C)(NO)C(=O)c1ccc(OCc2ccccc2)cc1.Cl. The number of Topliss-reactive ketones (excluding diaryl/α,β-unsaturated/α-hetero) is 1. The third-order valence-electron chi connectivity index (χ3n) is 3.21. The van der Waals surface area contributed by atoms with Crippen LogP contribution in [0.1, 0.15) is 29.8 Å². The van der Waals surface area contributed by atoms with Gasteiger partial charge in [-0.2, -0.15) is 5.48 Å². The number of rotatable bonds is 6. The highest BCUT2D eigenvalue weighted by molar-refractivity contribution is 6.02. The van der Waals surface area contributed by atoms with Crippen LogP contribution in [0, 0.1) is 0 Å². The van der Waals surface area contributed by atoms with Crippen LogP contribution in [0.3, 0.4) is 0 Å². The van der Waals surface area contributed by atoms with Gasteiger partial charge in [0.25, 0.3) is 0 Å². The van der Waals surface area contributed by atoms with Crippen molar-refractivity contribution in [1.29, 1.82) is 0 Å². The minimum absolute atomic E-state index is 0. The van der Waals surface area contributed by atoms with Crippen molar-refractivity contribution in [3.8, 4) is 5.75 Å². The number of hydrogen-bond acceptors (Lipinski definition) is 4. The number of ketones is 1. The predicted octanol–water partition coefficient (Wildman–Crippen LogP) is 3.63. The molecule has 0 aromatic heterocycles. The molecule has 2 aromatic carbocycles. The summed E-state index contributed by atoms with van der Waals surface area (Å²) >= 11 is 0.